The molecule has 1 aromatic heterocycles. The molecule has 0 radical (unpaired) electrons. The maximum Gasteiger partial charge on any atom is 0.417 e. The third-order valence-corrected chi connectivity index (χ3v) is 5.80. The number of benzene rings is 2. The standard InChI is InChI=1S/C18H14Cl2F3NOS/c1-17(25,9-26-12-4-2-11(19)3-5-12)16-7-10-6-14(20)13(18(21,22)23)8-15(10)24-16/h2-8,24-25H,9H2,1H3. The summed E-state index contributed by atoms with van der Waals surface area (Å²) in [5.41, 5.74) is -1.48. The number of fused-ring (bicyclic) bond motifs is 1. The fourth-order valence-corrected chi connectivity index (χ4v) is 3.83. The molecule has 0 aliphatic rings. The van der Waals surface area contributed by atoms with Gasteiger partial charge in [-0.1, -0.05) is 23.2 Å². The lowest BCUT2D eigenvalue weighted by molar-refractivity contribution is -0.137. The van der Waals surface area contributed by atoms with E-state index >= 15 is 0 Å². The van der Waals surface area contributed by atoms with Gasteiger partial charge in [0.2, 0.25) is 0 Å². The SMILES string of the molecule is CC(O)(CSc1ccc(Cl)cc1)c1cc2cc(Cl)c(C(F)(F)F)cc2[nH]1. The molecule has 0 amide bonds. The van der Waals surface area contributed by atoms with Crippen LogP contribution < -0.4 is 0 Å². The molecular weight excluding hydrogens is 406 g/mol. The van der Waals surface area contributed by atoms with Crippen LogP contribution in [0.25, 0.3) is 10.9 Å². The molecule has 2 aromatic carbocycles. The largest absolute Gasteiger partial charge is 0.417 e. The Kier molecular flexibility index (Phi) is 5.23. The van der Waals surface area contributed by atoms with Crippen LogP contribution in [0.2, 0.25) is 10.0 Å². The molecule has 3 aromatic rings. The number of hydrogen-bond acceptors (Lipinski definition) is 2. The van der Waals surface area contributed by atoms with Crippen molar-refractivity contribution in [3.05, 3.63) is 63.8 Å². The summed E-state index contributed by atoms with van der Waals surface area (Å²) in [4.78, 5) is 3.80. The van der Waals surface area contributed by atoms with Crippen molar-refractivity contribution in [2.45, 2.75) is 23.6 Å². The quantitative estimate of drug-likeness (QED) is 0.473. The number of aromatic amines is 1. The van der Waals surface area contributed by atoms with E-state index in [1.165, 1.54) is 17.8 Å². The smallest absolute Gasteiger partial charge is 0.383 e. The topological polar surface area (TPSA) is 36.0 Å². The number of nitrogens with one attached hydrogen (secondary N) is 1. The molecule has 2 nitrogen and oxygen atoms in total. The summed E-state index contributed by atoms with van der Waals surface area (Å²) < 4.78 is 39.0. The third kappa shape index (κ3) is 4.14. The van der Waals surface area contributed by atoms with Crippen molar-refractivity contribution in [1.29, 1.82) is 0 Å². The Morgan fingerprint density at radius 3 is 2.35 bits per heavy atom. The fourth-order valence-electron chi connectivity index (χ4n) is 2.49. The van der Waals surface area contributed by atoms with Gasteiger partial charge in [-0.3, -0.25) is 0 Å². The Bertz CT molecular complexity index is 936. The van der Waals surface area contributed by atoms with Crippen molar-refractivity contribution < 1.29 is 18.3 Å². The summed E-state index contributed by atoms with van der Waals surface area (Å²) in [5.74, 6) is 0.307. The lowest BCUT2D eigenvalue weighted by Crippen LogP contribution is -2.24. The molecule has 26 heavy (non-hydrogen) atoms. The summed E-state index contributed by atoms with van der Waals surface area (Å²) in [5, 5.41) is 11.5. The van der Waals surface area contributed by atoms with Gasteiger partial charge in [-0.15, -0.1) is 11.8 Å². The first-order chi connectivity index (χ1) is 12.1. The second-order valence-corrected chi connectivity index (χ2v) is 8.01. The lowest BCUT2D eigenvalue weighted by Gasteiger charge is -2.21. The normalized spacial score (nSPS) is 14.6. The number of thioether (sulfide) groups is 1. The molecule has 0 aliphatic heterocycles. The number of H-pyrrole nitrogens is 1. The Balaban J connectivity index is 1.87. The van der Waals surface area contributed by atoms with Gasteiger partial charge in [0.1, 0.15) is 5.60 Å². The molecule has 2 N–H and O–H groups in total. The van der Waals surface area contributed by atoms with E-state index in [1.807, 2.05) is 12.1 Å². The van der Waals surface area contributed by atoms with Crippen molar-refractivity contribution in [3.8, 4) is 0 Å². The van der Waals surface area contributed by atoms with Gasteiger partial charge in [0.25, 0.3) is 0 Å². The molecule has 0 bridgehead atoms. The van der Waals surface area contributed by atoms with E-state index in [4.69, 9.17) is 23.2 Å². The minimum absolute atomic E-state index is 0.272. The number of rotatable bonds is 4. The van der Waals surface area contributed by atoms with Crippen LogP contribution in [0.1, 0.15) is 18.2 Å². The molecule has 0 fully saturated rings. The predicted molar refractivity (Wildman–Crippen MR) is 100 cm³/mol. The Labute approximate surface area is 162 Å². The first-order valence-electron chi connectivity index (χ1n) is 7.57. The summed E-state index contributed by atoms with van der Waals surface area (Å²) in [7, 11) is 0. The maximum atomic E-state index is 13.0. The van der Waals surface area contributed by atoms with E-state index < -0.39 is 17.3 Å². The molecule has 1 atom stereocenters. The van der Waals surface area contributed by atoms with Gasteiger partial charge in [0.15, 0.2) is 0 Å². The summed E-state index contributed by atoms with van der Waals surface area (Å²) in [6.45, 7) is 1.60. The minimum Gasteiger partial charge on any atom is -0.383 e. The average molecular weight is 420 g/mol. The highest BCUT2D eigenvalue weighted by atomic mass is 35.5. The van der Waals surface area contributed by atoms with Crippen LogP contribution in [0.4, 0.5) is 13.2 Å². The number of aliphatic hydroxyl groups is 1. The van der Waals surface area contributed by atoms with Crippen LogP contribution in [0.5, 0.6) is 0 Å². The third-order valence-electron chi connectivity index (χ3n) is 3.93. The summed E-state index contributed by atoms with van der Waals surface area (Å²) in [6, 6.07) is 11.0. The summed E-state index contributed by atoms with van der Waals surface area (Å²) >= 11 is 13.0. The van der Waals surface area contributed by atoms with Gasteiger partial charge in [0, 0.05) is 32.3 Å². The van der Waals surface area contributed by atoms with Gasteiger partial charge in [-0.2, -0.15) is 13.2 Å². The molecule has 138 valence electrons. The molecule has 8 heteroatoms. The fraction of sp³-hybridized carbons (Fsp3) is 0.222. The van der Waals surface area contributed by atoms with Crippen molar-refractivity contribution in [3.63, 3.8) is 0 Å². The van der Waals surface area contributed by atoms with Crippen molar-refractivity contribution in [2.24, 2.45) is 0 Å². The van der Waals surface area contributed by atoms with Crippen LogP contribution in [0, 0.1) is 0 Å². The predicted octanol–water partition coefficient (Wildman–Crippen LogP) is 6.49. The van der Waals surface area contributed by atoms with Gasteiger partial charge < -0.3 is 10.1 Å². The van der Waals surface area contributed by atoms with Crippen molar-refractivity contribution in [1.82, 2.24) is 4.98 Å². The monoisotopic (exact) mass is 419 g/mol. The molecule has 1 heterocycles. The molecular formula is C18H14Cl2F3NOS. The summed E-state index contributed by atoms with van der Waals surface area (Å²) in [6.07, 6.45) is -4.54. The van der Waals surface area contributed by atoms with Crippen molar-refractivity contribution >= 4 is 45.9 Å². The van der Waals surface area contributed by atoms with E-state index in [0.29, 0.717) is 21.9 Å². The second-order valence-electron chi connectivity index (χ2n) is 6.12. The maximum absolute atomic E-state index is 13.0. The Morgan fingerprint density at radius 2 is 1.73 bits per heavy atom. The van der Waals surface area contributed by atoms with Crippen LogP contribution in [-0.2, 0) is 11.8 Å². The first kappa shape index (κ1) is 19.4. The van der Waals surface area contributed by atoms with Gasteiger partial charge in [0.05, 0.1) is 10.6 Å². The van der Waals surface area contributed by atoms with Crippen LogP contribution in [-0.4, -0.2) is 15.8 Å². The zero-order valence-electron chi connectivity index (χ0n) is 13.5. The highest BCUT2D eigenvalue weighted by Crippen LogP contribution is 2.38. The Morgan fingerprint density at radius 1 is 1.08 bits per heavy atom. The van der Waals surface area contributed by atoms with E-state index in [0.717, 1.165) is 11.0 Å². The van der Waals surface area contributed by atoms with Gasteiger partial charge >= 0.3 is 6.18 Å². The highest BCUT2D eigenvalue weighted by molar-refractivity contribution is 7.99. The van der Waals surface area contributed by atoms with Crippen LogP contribution in [0.15, 0.2) is 47.4 Å². The van der Waals surface area contributed by atoms with Gasteiger partial charge in [-0.25, -0.2) is 0 Å². The highest BCUT2D eigenvalue weighted by Gasteiger charge is 2.34. The molecule has 1 unspecified atom stereocenters. The molecule has 3 rings (SSSR count). The lowest BCUT2D eigenvalue weighted by atomic mass is 10.1. The van der Waals surface area contributed by atoms with E-state index in [2.05, 4.69) is 4.98 Å². The minimum atomic E-state index is -4.54. The number of hydrogen-bond donors (Lipinski definition) is 2. The Hall–Kier alpha value is -1.34. The van der Waals surface area contributed by atoms with Crippen molar-refractivity contribution in [2.75, 3.05) is 5.75 Å². The second kappa shape index (κ2) is 7.00. The number of alkyl halides is 3. The van der Waals surface area contributed by atoms with Crippen LogP contribution >= 0.6 is 35.0 Å². The van der Waals surface area contributed by atoms with Gasteiger partial charge in [-0.05, 0) is 49.4 Å². The van der Waals surface area contributed by atoms with E-state index in [-0.39, 0.29) is 10.5 Å². The zero-order valence-corrected chi connectivity index (χ0v) is 15.8. The molecule has 0 aliphatic carbocycles. The molecule has 0 spiro atoms. The first-order valence-corrected chi connectivity index (χ1v) is 9.31. The van der Waals surface area contributed by atoms with Crippen LogP contribution in [0.3, 0.4) is 0 Å². The molecule has 0 saturated heterocycles. The van der Waals surface area contributed by atoms with E-state index in [1.54, 1.807) is 25.1 Å². The molecule has 0 saturated carbocycles. The average Bonchev–Trinajstić information content (AvgIpc) is 2.96. The number of halogens is 5. The zero-order chi connectivity index (χ0) is 19.1. The number of aromatic nitrogens is 1. The van der Waals surface area contributed by atoms with E-state index in [9.17, 15) is 18.3 Å².